The summed E-state index contributed by atoms with van der Waals surface area (Å²) in [6.45, 7) is 0. The molecule has 14 heavy (non-hydrogen) atoms. The maximum atomic E-state index is 5.50. The van der Waals surface area contributed by atoms with E-state index in [-0.39, 0.29) is 0 Å². The van der Waals surface area contributed by atoms with E-state index in [2.05, 4.69) is 10.1 Å². The van der Waals surface area contributed by atoms with Gasteiger partial charge in [0.15, 0.2) is 0 Å². The van der Waals surface area contributed by atoms with E-state index in [0.717, 1.165) is 5.69 Å². The molecule has 0 bridgehead atoms. The Bertz CT molecular complexity index is 438. The third kappa shape index (κ3) is 1.52. The topological polar surface area (TPSA) is 66.0 Å². The number of hydrogen-bond donors (Lipinski definition) is 1. The summed E-state index contributed by atoms with van der Waals surface area (Å²) in [4.78, 5) is 4.01. The quantitative estimate of drug-likeness (QED) is 0.762. The molecule has 2 rings (SSSR count). The highest BCUT2D eigenvalue weighted by molar-refractivity contribution is 5.37. The zero-order chi connectivity index (χ0) is 9.97. The van der Waals surface area contributed by atoms with E-state index in [0.29, 0.717) is 11.6 Å². The van der Waals surface area contributed by atoms with Gasteiger partial charge in [-0.1, -0.05) is 0 Å². The number of anilines is 1. The van der Waals surface area contributed by atoms with Gasteiger partial charge < -0.3 is 10.5 Å². The van der Waals surface area contributed by atoms with Crippen LogP contribution in [0.15, 0.2) is 30.7 Å². The second-order valence-electron chi connectivity index (χ2n) is 2.77. The summed E-state index contributed by atoms with van der Waals surface area (Å²) >= 11 is 0. The van der Waals surface area contributed by atoms with Gasteiger partial charge in [0.1, 0.15) is 11.6 Å². The summed E-state index contributed by atoms with van der Waals surface area (Å²) in [7, 11) is 1.60. The van der Waals surface area contributed by atoms with Gasteiger partial charge in [0.05, 0.1) is 25.2 Å². The standard InChI is InChI=1S/C9H10N4O/c1-14-8-4-7(5-11-6-8)13-3-2-9(10)12-13/h2-6H,1H3,(H2,10,12). The molecular formula is C9H10N4O. The Morgan fingerprint density at radius 2 is 2.29 bits per heavy atom. The Hall–Kier alpha value is -2.04. The minimum Gasteiger partial charge on any atom is -0.495 e. The Morgan fingerprint density at radius 3 is 2.93 bits per heavy atom. The van der Waals surface area contributed by atoms with Gasteiger partial charge in [-0.2, -0.15) is 5.10 Å². The van der Waals surface area contributed by atoms with Crippen LogP contribution in [0.1, 0.15) is 0 Å². The van der Waals surface area contributed by atoms with E-state index < -0.39 is 0 Å². The van der Waals surface area contributed by atoms with Crippen molar-refractivity contribution in [2.75, 3.05) is 12.8 Å². The molecule has 0 aliphatic rings. The van der Waals surface area contributed by atoms with Crippen LogP contribution < -0.4 is 10.5 Å². The lowest BCUT2D eigenvalue weighted by Gasteiger charge is -2.02. The molecule has 72 valence electrons. The molecule has 0 amide bonds. The Morgan fingerprint density at radius 1 is 1.43 bits per heavy atom. The molecular weight excluding hydrogens is 180 g/mol. The van der Waals surface area contributed by atoms with Crippen molar-refractivity contribution in [3.8, 4) is 11.4 Å². The van der Waals surface area contributed by atoms with Crippen molar-refractivity contribution in [3.05, 3.63) is 30.7 Å². The van der Waals surface area contributed by atoms with Crippen molar-refractivity contribution >= 4 is 5.82 Å². The number of ether oxygens (including phenoxy) is 1. The van der Waals surface area contributed by atoms with E-state index in [1.54, 1.807) is 36.4 Å². The first-order valence-electron chi connectivity index (χ1n) is 4.10. The third-order valence-electron chi connectivity index (χ3n) is 1.81. The number of methoxy groups -OCH3 is 1. The lowest BCUT2D eigenvalue weighted by atomic mass is 10.4. The molecule has 0 aromatic carbocycles. The van der Waals surface area contributed by atoms with Gasteiger partial charge in [0.2, 0.25) is 0 Å². The minimum atomic E-state index is 0.479. The zero-order valence-electron chi connectivity index (χ0n) is 7.71. The maximum absolute atomic E-state index is 5.50. The summed E-state index contributed by atoms with van der Waals surface area (Å²) in [6, 6.07) is 3.55. The van der Waals surface area contributed by atoms with E-state index in [4.69, 9.17) is 10.5 Å². The van der Waals surface area contributed by atoms with Crippen LogP contribution >= 0.6 is 0 Å². The molecule has 2 aromatic heterocycles. The lowest BCUT2D eigenvalue weighted by molar-refractivity contribution is 0.412. The molecule has 2 aromatic rings. The number of pyridine rings is 1. The van der Waals surface area contributed by atoms with Gasteiger partial charge >= 0.3 is 0 Å². The van der Waals surface area contributed by atoms with Crippen LogP contribution in [-0.2, 0) is 0 Å². The number of nitrogens with zero attached hydrogens (tertiary/aromatic N) is 3. The van der Waals surface area contributed by atoms with Crippen LogP contribution in [0, 0.1) is 0 Å². The maximum Gasteiger partial charge on any atom is 0.145 e. The first-order chi connectivity index (χ1) is 6.79. The SMILES string of the molecule is COc1cncc(-n2ccc(N)n2)c1. The Labute approximate surface area is 81.1 Å². The molecule has 0 saturated carbocycles. The molecule has 0 radical (unpaired) electrons. The number of hydrogen-bond acceptors (Lipinski definition) is 4. The first kappa shape index (κ1) is 8.55. The van der Waals surface area contributed by atoms with E-state index in [1.165, 1.54) is 0 Å². The number of aromatic nitrogens is 3. The minimum absolute atomic E-state index is 0.479. The fraction of sp³-hybridized carbons (Fsp3) is 0.111. The van der Waals surface area contributed by atoms with Gasteiger partial charge in [-0.05, 0) is 0 Å². The van der Waals surface area contributed by atoms with Crippen LogP contribution in [0.3, 0.4) is 0 Å². The predicted octanol–water partition coefficient (Wildman–Crippen LogP) is 0.858. The average molecular weight is 190 g/mol. The molecule has 2 heterocycles. The molecule has 0 atom stereocenters. The number of nitrogens with two attached hydrogens (primary N) is 1. The molecule has 5 nitrogen and oxygen atoms in total. The second-order valence-corrected chi connectivity index (χ2v) is 2.77. The van der Waals surface area contributed by atoms with Crippen LogP contribution in [-0.4, -0.2) is 21.9 Å². The monoisotopic (exact) mass is 190 g/mol. The van der Waals surface area contributed by atoms with E-state index in [9.17, 15) is 0 Å². The summed E-state index contributed by atoms with van der Waals surface area (Å²) in [5.41, 5.74) is 6.32. The molecule has 0 saturated heterocycles. The molecule has 2 N–H and O–H groups in total. The van der Waals surface area contributed by atoms with E-state index >= 15 is 0 Å². The van der Waals surface area contributed by atoms with Gasteiger partial charge in [0.25, 0.3) is 0 Å². The molecule has 0 spiro atoms. The Balaban J connectivity index is 2.41. The van der Waals surface area contributed by atoms with Crippen molar-refractivity contribution in [3.63, 3.8) is 0 Å². The third-order valence-corrected chi connectivity index (χ3v) is 1.81. The van der Waals surface area contributed by atoms with Gasteiger partial charge in [-0.3, -0.25) is 4.98 Å². The lowest BCUT2D eigenvalue weighted by Crippen LogP contribution is -1.97. The van der Waals surface area contributed by atoms with Gasteiger partial charge in [-0.15, -0.1) is 0 Å². The van der Waals surface area contributed by atoms with Crippen molar-refractivity contribution in [2.45, 2.75) is 0 Å². The van der Waals surface area contributed by atoms with Crippen molar-refractivity contribution < 1.29 is 4.74 Å². The highest BCUT2D eigenvalue weighted by Crippen LogP contribution is 2.14. The average Bonchev–Trinajstić information content (AvgIpc) is 2.65. The summed E-state index contributed by atoms with van der Waals surface area (Å²) in [5.74, 6) is 1.17. The fourth-order valence-corrected chi connectivity index (χ4v) is 1.13. The van der Waals surface area contributed by atoms with Gasteiger partial charge in [0, 0.05) is 18.3 Å². The summed E-state index contributed by atoms with van der Waals surface area (Å²) in [5, 5.41) is 4.06. The van der Waals surface area contributed by atoms with E-state index in [1.807, 2.05) is 6.07 Å². The smallest absolute Gasteiger partial charge is 0.145 e. The fourth-order valence-electron chi connectivity index (χ4n) is 1.13. The van der Waals surface area contributed by atoms with Crippen molar-refractivity contribution in [1.29, 1.82) is 0 Å². The number of rotatable bonds is 2. The van der Waals surface area contributed by atoms with Crippen LogP contribution in [0.4, 0.5) is 5.82 Å². The first-order valence-corrected chi connectivity index (χ1v) is 4.10. The second kappa shape index (κ2) is 3.37. The van der Waals surface area contributed by atoms with Gasteiger partial charge in [-0.25, -0.2) is 4.68 Å². The van der Waals surface area contributed by atoms with Crippen molar-refractivity contribution in [2.24, 2.45) is 0 Å². The highest BCUT2D eigenvalue weighted by atomic mass is 16.5. The molecule has 0 aliphatic heterocycles. The van der Waals surface area contributed by atoms with Crippen LogP contribution in [0.5, 0.6) is 5.75 Å². The summed E-state index contributed by atoms with van der Waals surface area (Å²) < 4.78 is 6.69. The largest absolute Gasteiger partial charge is 0.495 e. The normalized spacial score (nSPS) is 10.1. The van der Waals surface area contributed by atoms with Crippen LogP contribution in [0.25, 0.3) is 5.69 Å². The summed E-state index contributed by atoms with van der Waals surface area (Å²) in [6.07, 6.45) is 5.09. The zero-order valence-corrected chi connectivity index (χ0v) is 7.71. The highest BCUT2D eigenvalue weighted by Gasteiger charge is 2.00. The molecule has 0 aliphatic carbocycles. The molecule has 0 unspecified atom stereocenters. The Kier molecular flexibility index (Phi) is 2.06. The van der Waals surface area contributed by atoms with Crippen molar-refractivity contribution in [1.82, 2.24) is 14.8 Å². The van der Waals surface area contributed by atoms with Crippen LogP contribution in [0.2, 0.25) is 0 Å². The number of nitrogen functional groups attached to an aromatic ring is 1. The molecule has 0 fully saturated rings. The predicted molar refractivity (Wildman–Crippen MR) is 52.3 cm³/mol. The molecule has 5 heteroatoms.